The minimum absolute atomic E-state index is 0.161. The summed E-state index contributed by atoms with van der Waals surface area (Å²) < 4.78 is 0. The van der Waals surface area contributed by atoms with E-state index in [1.807, 2.05) is 120 Å². The lowest BCUT2D eigenvalue weighted by Crippen LogP contribution is -2.58. The number of rotatable bonds is 20. The SMILES string of the molecule is Cc1ccc(N2CCN(C(=O)Cc3ccc(C(C)C)cc3)C[C@@H]2C)nn1.Cc1ccc(N2CCN(C(=O)Cc3ccc(C(C)C)cc3)C[C@H]2C)nn1.Cc1ccc(N2CCN(C(=O)Cc3ccc(C(C)C)cc3)[C@@H](C)C2)nn1.Cc1ccc(N2CCN(C(=O)Cc3ccc(C(C)C)cc3)[C@H](C)C2)nn1.Cc1ccc(N2[C@H](C)CN(C(=O)Cc3ccc(C(C)C)cc3)C[C@@H]2C)nn1. The molecule has 0 unspecified atom stereocenters. The summed E-state index contributed by atoms with van der Waals surface area (Å²) in [5.41, 5.74) is 16.5. The van der Waals surface area contributed by atoms with Crippen molar-refractivity contribution in [3.63, 3.8) is 0 Å². The van der Waals surface area contributed by atoms with Crippen molar-refractivity contribution in [2.24, 2.45) is 0 Å². The molecule has 10 aromatic rings. The smallest absolute Gasteiger partial charge is 0.227 e. The van der Waals surface area contributed by atoms with E-state index in [1.165, 1.54) is 27.8 Å². The minimum atomic E-state index is 0.161. The summed E-state index contributed by atoms with van der Waals surface area (Å²) >= 11 is 0. The van der Waals surface area contributed by atoms with Crippen molar-refractivity contribution in [1.29, 1.82) is 0 Å². The Bertz CT molecular complexity index is 4980. The Labute approximate surface area is 779 Å². The molecular weight excluding hydrogens is 1630 g/mol. The summed E-state index contributed by atoms with van der Waals surface area (Å²) in [7, 11) is 0. The highest BCUT2D eigenvalue weighted by atomic mass is 16.2. The van der Waals surface area contributed by atoms with Crippen molar-refractivity contribution in [3.05, 3.63) is 266 Å². The highest BCUT2D eigenvalue weighted by Gasteiger charge is 2.36. The third kappa shape index (κ3) is 28.4. The molecule has 0 bridgehead atoms. The van der Waals surface area contributed by atoms with E-state index >= 15 is 0 Å². The number of benzene rings is 5. The van der Waals surface area contributed by atoms with Crippen LogP contribution in [0.1, 0.15) is 224 Å². The molecule has 0 spiro atoms. The molecule has 131 heavy (non-hydrogen) atoms. The van der Waals surface area contributed by atoms with Crippen LogP contribution in [0.5, 0.6) is 0 Å². The minimum Gasteiger partial charge on any atom is -0.351 e. The number of aromatic nitrogens is 10. The van der Waals surface area contributed by atoms with Gasteiger partial charge in [-0.1, -0.05) is 191 Å². The third-order valence-corrected chi connectivity index (χ3v) is 25.6. The predicted molar refractivity (Wildman–Crippen MR) is 527 cm³/mol. The van der Waals surface area contributed by atoms with E-state index in [-0.39, 0.29) is 65.8 Å². The van der Waals surface area contributed by atoms with Crippen molar-refractivity contribution in [3.8, 4) is 0 Å². The van der Waals surface area contributed by atoms with Gasteiger partial charge in [-0.05, 0) is 222 Å². The average Bonchev–Trinajstić information content (AvgIpc) is 0.806. The van der Waals surface area contributed by atoms with Gasteiger partial charge >= 0.3 is 0 Å². The molecule has 5 fully saturated rings. The molecule has 5 aromatic carbocycles. The molecule has 0 aliphatic carbocycles. The van der Waals surface area contributed by atoms with E-state index in [9.17, 15) is 24.0 Å². The number of anilines is 5. The van der Waals surface area contributed by atoms with E-state index in [1.54, 1.807) is 0 Å². The van der Waals surface area contributed by atoms with Gasteiger partial charge in [-0.15, -0.1) is 25.5 Å². The zero-order chi connectivity index (χ0) is 94.3. The molecule has 25 nitrogen and oxygen atoms in total. The van der Waals surface area contributed by atoms with E-state index in [2.05, 4.69) is 308 Å². The van der Waals surface area contributed by atoms with Crippen LogP contribution in [0, 0.1) is 34.6 Å². The molecular formula is C106H142N20O5. The van der Waals surface area contributed by atoms with Crippen LogP contribution in [-0.2, 0) is 56.1 Å². The molecule has 10 heterocycles. The Kier molecular flexibility index (Phi) is 35.7. The van der Waals surface area contributed by atoms with E-state index < -0.39 is 0 Å². The Balaban J connectivity index is 0.000000158. The molecule has 0 saturated carbocycles. The summed E-state index contributed by atoms with van der Waals surface area (Å²) in [5.74, 6) is 7.98. The Hall–Kier alpha value is -12.2. The van der Waals surface area contributed by atoms with Crippen LogP contribution in [-0.4, -0.2) is 233 Å². The van der Waals surface area contributed by atoms with E-state index in [0.717, 1.165) is 164 Å². The largest absolute Gasteiger partial charge is 0.351 e. The molecule has 5 amide bonds. The first-order valence-corrected chi connectivity index (χ1v) is 47.3. The van der Waals surface area contributed by atoms with Gasteiger partial charge in [0.2, 0.25) is 29.5 Å². The number of aryl methyl sites for hydroxylation is 5. The Morgan fingerprint density at radius 1 is 0.244 bits per heavy atom. The van der Waals surface area contributed by atoms with Crippen LogP contribution in [0.2, 0.25) is 0 Å². The van der Waals surface area contributed by atoms with Crippen molar-refractivity contribution in [2.45, 2.75) is 243 Å². The fraction of sp³-hybridized carbons (Fsp3) is 0.481. The standard InChI is InChI=1S/C22H30N4O.4C21H28N4O/c1-15(2)20-9-7-19(8-10-20)12-22(27)25-13-17(4)26(18(5)14-25)21-11-6-16(3)23-24-21;2*1-15(2)19-8-6-18(7-9-19)13-21(26)24-11-12-25(17(4)14-24)20-10-5-16(3)22-23-20;2*1-15(2)19-8-6-18(7-9-19)13-21(26)25-12-11-24(14-17(25)4)20-10-5-16(3)22-23-20/h6-11,15,17-18H,12-14H2,1-5H3;4*5-10,15,17H,11-14H2,1-4H3/t17-,18+;4*17-/m.1010/s1. The second-order valence-corrected chi connectivity index (χ2v) is 38.0. The van der Waals surface area contributed by atoms with Gasteiger partial charge in [0.25, 0.3) is 0 Å². The van der Waals surface area contributed by atoms with Crippen LogP contribution >= 0.6 is 0 Å². The Morgan fingerprint density at radius 2 is 0.481 bits per heavy atom. The summed E-state index contributed by atoms with van der Waals surface area (Å²) in [5, 5.41) is 42.2. The average molecular weight is 1780 g/mol. The first kappa shape index (κ1) is 99.4. The summed E-state index contributed by atoms with van der Waals surface area (Å²) in [6.07, 6.45) is 2.33. The molecule has 5 aromatic heterocycles. The normalized spacial score (nSPS) is 18.2. The van der Waals surface area contributed by atoms with E-state index in [4.69, 9.17) is 0 Å². The van der Waals surface area contributed by atoms with E-state index in [0.29, 0.717) is 74.8 Å². The zero-order valence-electron chi connectivity index (χ0n) is 81.6. The molecule has 5 aliphatic rings. The van der Waals surface area contributed by atoms with Gasteiger partial charge in [0, 0.05) is 128 Å². The molecule has 25 heteroatoms. The number of carbonyl (C=O) groups is 5. The number of amides is 5. The quantitative estimate of drug-likeness (QED) is 0.0688. The lowest BCUT2D eigenvalue weighted by Gasteiger charge is -2.45. The first-order valence-electron chi connectivity index (χ1n) is 47.3. The lowest BCUT2D eigenvalue weighted by atomic mass is 10.0. The molecule has 0 radical (unpaired) electrons. The second kappa shape index (κ2) is 47.1. The molecule has 5 saturated heterocycles. The fourth-order valence-electron chi connectivity index (χ4n) is 17.4. The van der Waals surface area contributed by atoms with Crippen LogP contribution < -0.4 is 24.5 Å². The molecule has 5 aliphatic heterocycles. The van der Waals surface area contributed by atoms with Crippen LogP contribution in [0.15, 0.2) is 182 Å². The van der Waals surface area contributed by atoms with Crippen LogP contribution in [0.3, 0.4) is 0 Å². The van der Waals surface area contributed by atoms with Gasteiger partial charge < -0.3 is 49.0 Å². The van der Waals surface area contributed by atoms with Crippen LogP contribution in [0.4, 0.5) is 29.1 Å². The van der Waals surface area contributed by atoms with Gasteiger partial charge in [0.15, 0.2) is 29.1 Å². The Morgan fingerprint density at radius 3 is 0.718 bits per heavy atom. The molecule has 6 atom stereocenters. The monoisotopic (exact) mass is 1780 g/mol. The first-order chi connectivity index (χ1) is 62.6. The summed E-state index contributed by atoms with van der Waals surface area (Å²) in [6.45, 7) is 54.8. The van der Waals surface area contributed by atoms with Crippen LogP contribution in [0.25, 0.3) is 0 Å². The maximum Gasteiger partial charge on any atom is 0.227 e. The highest BCUT2D eigenvalue weighted by molar-refractivity contribution is 5.82. The topological polar surface area (TPSA) is 247 Å². The molecule has 15 rings (SSSR count). The van der Waals surface area contributed by atoms with Gasteiger partial charge in [-0.2, -0.15) is 25.5 Å². The van der Waals surface area contributed by atoms with Crippen molar-refractivity contribution in [1.82, 2.24) is 75.5 Å². The lowest BCUT2D eigenvalue weighted by molar-refractivity contribution is -0.133. The fourth-order valence-corrected chi connectivity index (χ4v) is 17.4. The maximum atomic E-state index is 12.8. The second-order valence-electron chi connectivity index (χ2n) is 38.0. The van der Waals surface area contributed by atoms with Crippen molar-refractivity contribution < 1.29 is 24.0 Å². The van der Waals surface area contributed by atoms with Gasteiger partial charge in [-0.3, -0.25) is 24.0 Å². The van der Waals surface area contributed by atoms with Gasteiger partial charge in [0.1, 0.15) is 0 Å². The maximum absolute atomic E-state index is 12.8. The number of hydrogen-bond donors (Lipinski definition) is 0. The molecule has 0 N–H and O–H groups in total. The molecule has 696 valence electrons. The number of carbonyl (C=O) groups excluding carboxylic acids is 5. The van der Waals surface area contributed by atoms with Gasteiger partial charge in [0.05, 0.1) is 60.6 Å². The zero-order valence-corrected chi connectivity index (χ0v) is 81.6. The van der Waals surface area contributed by atoms with Crippen molar-refractivity contribution >= 4 is 58.6 Å². The number of piperazine rings is 5. The number of nitrogens with zero attached hydrogens (tertiary/aromatic N) is 20. The summed E-state index contributed by atoms with van der Waals surface area (Å²) in [6, 6.07) is 63.2. The highest BCUT2D eigenvalue weighted by Crippen LogP contribution is 2.29. The predicted octanol–water partition coefficient (Wildman–Crippen LogP) is 16.3. The van der Waals surface area contributed by atoms with Gasteiger partial charge in [-0.25, -0.2) is 0 Å². The number of hydrogen-bond acceptors (Lipinski definition) is 20. The van der Waals surface area contributed by atoms with Crippen molar-refractivity contribution in [2.75, 3.05) is 116 Å². The third-order valence-electron chi connectivity index (χ3n) is 25.6. The summed E-state index contributed by atoms with van der Waals surface area (Å²) in [4.78, 5) is 84.8.